The normalized spacial score (nSPS) is 18.9. The van der Waals surface area contributed by atoms with E-state index in [9.17, 15) is 4.79 Å². The number of esters is 1. The summed E-state index contributed by atoms with van der Waals surface area (Å²) in [4.78, 5) is 11.9. The van der Waals surface area contributed by atoms with Crippen molar-refractivity contribution in [2.45, 2.75) is 18.9 Å². The van der Waals surface area contributed by atoms with Crippen molar-refractivity contribution in [2.24, 2.45) is 0 Å². The quantitative estimate of drug-likeness (QED) is 0.624. The van der Waals surface area contributed by atoms with Crippen molar-refractivity contribution in [3.8, 4) is 5.75 Å². The molecule has 0 saturated carbocycles. The summed E-state index contributed by atoms with van der Waals surface area (Å²) in [5.74, 6) is 0.311. The number of carbonyl (C=O) groups excluding carboxylic acids is 1. The van der Waals surface area contributed by atoms with Gasteiger partial charge in [0.2, 0.25) is 0 Å². The van der Waals surface area contributed by atoms with Crippen LogP contribution in [0.25, 0.3) is 0 Å². The molecule has 1 aliphatic rings. The summed E-state index contributed by atoms with van der Waals surface area (Å²) in [6.07, 6.45) is 3.45. The highest BCUT2D eigenvalue weighted by molar-refractivity contribution is 14.1. The number of ether oxygens (including phenoxy) is 2. The lowest BCUT2D eigenvalue weighted by Gasteiger charge is -2.24. The molecular formula is C13H13IO3. The molecule has 0 aromatic heterocycles. The van der Waals surface area contributed by atoms with Crippen molar-refractivity contribution in [3.05, 3.63) is 39.5 Å². The predicted molar refractivity (Wildman–Crippen MR) is 73.7 cm³/mol. The molecule has 90 valence electrons. The standard InChI is InChI=1S/C13H13IO3/c1-16-11-6-2-4-9-8-10(5-3-7-14)17-13(15)12(9)11/h2-4,6-7,10H,5,8H2,1H3/b7-3+. The third-order valence-corrected chi connectivity index (χ3v) is 3.25. The van der Waals surface area contributed by atoms with E-state index in [1.54, 1.807) is 13.2 Å². The van der Waals surface area contributed by atoms with Crippen LogP contribution in [0.15, 0.2) is 28.4 Å². The topological polar surface area (TPSA) is 35.5 Å². The first kappa shape index (κ1) is 12.4. The molecule has 0 aliphatic carbocycles. The minimum Gasteiger partial charge on any atom is -0.496 e. The largest absolute Gasteiger partial charge is 0.496 e. The molecule has 0 amide bonds. The van der Waals surface area contributed by atoms with Crippen LogP contribution in [0.4, 0.5) is 0 Å². The van der Waals surface area contributed by atoms with Gasteiger partial charge in [-0.15, -0.1) is 0 Å². The average molecular weight is 344 g/mol. The number of fused-ring (bicyclic) bond motifs is 1. The molecule has 0 N–H and O–H groups in total. The van der Waals surface area contributed by atoms with Gasteiger partial charge in [0.1, 0.15) is 17.4 Å². The van der Waals surface area contributed by atoms with Crippen LogP contribution < -0.4 is 4.74 Å². The summed E-state index contributed by atoms with van der Waals surface area (Å²) in [6, 6.07) is 5.64. The first-order chi connectivity index (χ1) is 8.26. The number of methoxy groups -OCH3 is 1. The molecule has 0 radical (unpaired) electrons. The minimum atomic E-state index is -0.282. The summed E-state index contributed by atoms with van der Waals surface area (Å²) < 4.78 is 12.5. The van der Waals surface area contributed by atoms with Gasteiger partial charge in [0.05, 0.1) is 7.11 Å². The van der Waals surface area contributed by atoms with Crippen LogP contribution in [0.1, 0.15) is 22.3 Å². The molecule has 1 unspecified atom stereocenters. The molecule has 17 heavy (non-hydrogen) atoms. The van der Waals surface area contributed by atoms with Crippen molar-refractivity contribution in [3.63, 3.8) is 0 Å². The molecule has 1 aliphatic heterocycles. The van der Waals surface area contributed by atoms with Crippen LogP contribution in [0.5, 0.6) is 5.75 Å². The zero-order valence-corrected chi connectivity index (χ0v) is 11.6. The number of hydrogen-bond donors (Lipinski definition) is 0. The number of carbonyl (C=O) groups is 1. The monoisotopic (exact) mass is 344 g/mol. The van der Waals surface area contributed by atoms with Crippen molar-refractivity contribution >= 4 is 28.6 Å². The fourth-order valence-corrected chi connectivity index (χ4v) is 2.27. The van der Waals surface area contributed by atoms with Gasteiger partial charge in [0, 0.05) is 12.8 Å². The van der Waals surface area contributed by atoms with E-state index in [0.29, 0.717) is 11.3 Å². The Labute approximate surface area is 114 Å². The van der Waals surface area contributed by atoms with Gasteiger partial charge in [0.15, 0.2) is 0 Å². The molecule has 4 heteroatoms. The lowest BCUT2D eigenvalue weighted by Crippen LogP contribution is -2.27. The fraction of sp³-hybridized carbons (Fsp3) is 0.308. The van der Waals surface area contributed by atoms with Gasteiger partial charge in [-0.3, -0.25) is 0 Å². The second-order valence-electron chi connectivity index (χ2n) is 3.82. The Morgan fingerprint density at radius 3 is 3.12 bits per heavy atom. The molecule has 1 aromatic carbocycles. The first-order valence-corrected chi connectivity index (χ1v) is 6.63. The Bertz CT molecular complexity index is 454. The van der Waals surface area contributed by atoms with E-state index in [2.05, 4.69) is 22.6 Å². The van der Waals surface area contributed by atoms with Gasteiger partial charge < -0.3 is 9.47 Å². The van der Waals surface area contributed by atoms with Crippen LogP contribution in [-0.2, 0) is 11.2 Å². The summed E-state index contributed by atoms with van der Waals surface area (Å²) in [7, 11) is 1.56. The van der Waals surface area contributed by atoms with Crippen LogP contribution in [-0.4, -0.2) is 19.2 Å². The van der Waals surface area contributed by atoms with Crippen LogP contribution in [0.2, 0.25) is 0 Å². The zero-order valence-electron chi connectivity index (χ0n) is 9.48. The molecule has 1 aromatic rings. The highest BCUT2D eigenvalue weighted by Gasteiger charge is 2.28. The Kier molecular flexibility index (Phi) is 4.04. The van der Waals surface area contributed by atoms with E-state index < -0.39 is 0 Å². The summed E-state index contributed by atoms with van der Waals surface area (Å²) in [6.45, 7) is 0. The molecule has 0 bridgehead atoms. The average Bonchev–Trinajstić information content (AvgIpc) is 2.35. The van der Waals surface area contributed by atoms with Crippen LogP contribution in [0.3, 0.4) is 0 Å². The third-order valence-electron chi connectivity index (χ3n) is 2.75. The third kappa shape index (κ3) is 2.62. The minimum absolute atomic E-state index is 0.0619. The number of halogens is 1. The molecule has 0 spiro atoms. The van der Waals surface area contributed by atoms with E-state index in [1.807, 2.05) is 22.3 Å². The first-order valence-electron chi connectivity index (χ1n) is 5.38. The van der Waals surface area contributed by atoms with Crippen LogP contribution in [0, 0.1) is 0 Å². The van der Waals surface area contributed by atoms with Gasteiger partial charge in [-0.2, -0.15) is 0 Å². The summed E-state index contributed by atoms with van der Waals surface area (Å²) in [5.41, 5.74) is 1.58. The molecule has 1 heterocycles. The molecule has 3 nitrogen and oxygen atoms in total. The maximum Gasteiger partial charge on any atom is 0.342 e. The maximum absolute atomic E-state index is 11.9. The van der Waals surface area contributed by atoms with Crippen molar-refractivity contribution in [1.29, 1.82) is 0 Å². The zero-order chi connectivity index (χ0) is 12.3. The molecule has 0 fully saturated rings. The number of benzene rings is 1. The Balaban J connectivity index is 2.28. The molecule has 1 atom stereocenters. The second-order valence-corrected chi connectivity index (χ2v) is 4.54. The van der Waals surface area contributed by atoms with Gasteiger partial charge in [-0.1, -0.05) is 40.8 Å². The van der Waals surface area contributed by atoms with E-state index >= 15 is 0 Å². The maximum atomic E-state index is 11.9. The number of rotatable bonds is 3. The predicted octanol–water partition coefficient (Wildman–Crippen LogP) is 3.12. The van der Waals surface area contributed by atoms with E-state index in [1.165, 1.54) is 0 Å². The Hall–Kier alpha value is -1.04. The van der Waals surface area contributed by atoms with Gasteiger partial charge in [-0.05, 0) is 15.7 Å². The highest BCUT2D eigenvalue weighted by atomic mass is 127. The van der Waals surface area contributed by atoms with Gasteiger partial charge in [-0.25, -0.2) is 4.79 Å². The second kappa shape index (κ2) is 5.53. The van der Waals surface area contributed by atoms with Crippen molar-refractivity contribution in [1.82, 2.24) is 0 Å². The van der Waals surface area contributed by atoms with Crippen molar-refractivity contribution in [2.75, 3.05) is 7.11 Å². The fourth-order valence-electron chi connectivity index (χ4n) is 1.98. The number of hydrogen-bond acceptors (Lipinski definition) is 3. The smallest absolute Gasteiger partial charge is 0.342 e. The lowest BCUT2D eigenvalue weighted by atomic mass is 9.96. The molecule has 0 saturated heterocycles. The number of cyclic esters (lactones) is 1. The SMILES string of the molecule is COc1cccc2c1C(=O)OC(C/C=C/I)C2. The van der Waals surface area contributed by atoms with E-state index in [0.717, 1.165) is 18.4 Å². The highest BCUT2D eigenvalue weighted by Crippen LogP contribution is 2.29. The summed E-state index contributed by atoms with van der Waals surface area (Å²) in [5, 5.41) is 0. The van der Waals surface area contributed by atoms with Gasteiger partial charge in [0.25, 0.3) is 0 Å². The molecule has 2 rings (SSSR count). The van der Waals surface area contributed by atoms with Gasteiger partial charge >= 0.3 is 5.97 Å². The summed E-state index contributed by atoms with van der Waals surface area (Å²) >= 11 is 2.16. The van der Waals surface area contributed by atoms with Crippen LogP contribution >= 0.6 is 22.6 Å². The van der Waals surface area contributed by atoms with E-state index in [-0.39, 0.29) is 12.1 Å². The lowest BCUT2D eigenvalue weighted by molar-refractivity contribution is 0.0261. The Morgan fingerprint density at radius 1 is 1.59 bits per heavy atom. The van der Waals surface area contributed by atoms with E-state index in [4.69, 9.17) is 9.47 Å². The molecular weight excluding hydrogens is 331 g/mol. The van der Waals surface area contributed by atoms with Crippen molar-refractivity contribution < 1.29 is 14.3 Å². The Morgan fingerprint density at radius 2 is 2.41 bits per heavy atom.